The number of ether oxygens (including phenoxy) is 1. The summed E-state index contributed by atoms with van der Waals surface area (Å²) in [4.78, 5) is 23.8. The van der Waals surface area contributed by atoms with Crippen molar-refractivity contribution >= 4 is 51.7 Å². The Morgan fingerprint density at radius 1 is 1.04 bits per heavy atom. The van der Waals surface area contributed by atoms with Gasteiger partial charge in [-0.3, -0.25) is 4.79 Å². The van der Waals surface area contributed by atoms with Crippen LogP contribution < -0.4 is 5.63 Å². The molecule has 0 aliphatic carbocycles. The van der Waals surface area contributed by atoms with Crippen LogP contribution in [0, 0.1) is 6.92 Å². The molecule has 3 aromatic rings. The van der Waals surface area contributed by atoms with E-state index >= 15 is 0 Å². The molecule has 0 atom stereocenters. The molecular weight excluding hydrogens is 399 g/mol. The summed E-state index contributed by atoms with van der Waals surface area (Å²) in [5, 5.41) is 1.95. The third kappa shape index (κ3) is 4.21. The van der Waals surface area contributed by atoms with Crippen molar-refractivity contribution in [3.63, 3.8) is 0 Å². The monoisotopic (exact) mass is 410 g/mol. The van der Waals surface area contributed by atoms with Crippen LogP contribution in [0.15, 0.2) is 45.6 Å². The molecule has 0 aliphatic rings. The Labute approximate surface area is 164 Å². The summed E-state index contributed by atoms with van der Waals surface area (Å²) in [5.41, 5.74) is 1.88. The molecule has 7 heteroatoms. The van der Waals surface area contributed by atoms with E-state index in [9.17, 15) is 9.59 Å². The van der Waals surface area contributed by atoms with Crippen molar-refractivity contribution in [1.29, 1.82) is 0 Å². The van der Waals surface area contributed by atoms with Gasteiger partial charge in [0, 0.05) is 22.0 Å². The van der Waals surface area contributed by atoms with E-state index < -0.39 is 11.6 Å². The molecule has 134 valence electrons. The summed E-state index contributed by atoms with van der Waals surface area (Å²) in [5.74, 6) is -0.456. The lowest BCUT2D eigenvalue weighted by Gasteiger charge is -2.09. The van der Waals surface area contributed by atoms with Crippen molar-refractivity contribution in [3.8, 4) is 0 Å². The smallest absolute Gasteiger partial charge is 0.336 e. The number of carbonyl (C=O) groups is 1. The molecule has 0 bridgehead atoms. The summed E-state index contributed by atoms with van der Waals surface area (Å²) in [7, 11) is 0. The summed E-state index contributed by atoms with van der Waals surface area (Å²) in [6, 6.07) is 9.59. The number of aryl methyl sites for hydroxylation is 1. The second kappa shape index (κ2) is 7.70. The first-order chi connectivity index (χ1) is 12.3. The maximum Gasteiger partial charge on any atom is 0.336 e. The summed E-state index contributed by atoms with van der Waals surface area (Å²) >= 11 is 17.9. The number of rotatable bonds is 4. The normalized spacial score (nSPS) is 10.9. The predicted octanol–water partition coefficient (Wildman–Crippen LogP) is 5.35. The number of hydrogen-bond donors (Lipinski definition) is 0. The predicted molar refractivity (Wildman–Crippen MR) is 102 cm³/mol. The van der Waals surface area contributed by atoms with Crippen LogP contribution in [0.1, 0.15) is 16.7 Å². The lowest BCUT2D eigenvalue weighted by atomic mass is 10.1. The Morgan fingerprint density at radius 2 is 1.81 bits per heavy atom. The quantitative estimate of drug-likeness (QED) is 0.429. The average Bonchev–Trinajstić information content (AvgIpc) is 2.57. The van der Waals surface area contributed by atoms with Gasteiger partial charge in [0.05, 0.1) is 16.5 Å². The first-order valence-electron chi connectivity index (χ1n) is 7.66. The van der Waals surface area contributed by atoms with Crippen LogP contribution in [0.25, 0.3) is 11.0 Å². The highest BCUT2D eigenvalue weighted by Crippen LogP contribution is 2.26. The van der Waals surface area contributed by atoms with Gasteiger partial charge in [0.2, 0.25) is 0 Å². The lowest BCUT2D eigenvalue weighted by molar-refractivity contribution is -0.144. The standard InChI is InChI=1S/C19H13Cl3O4/c1-10-4-17-13(8-15(10)21)12(7-19(24)26-17)9-25-18(23)6-11-2-3-14(20)16(22)5-11/h2-5,7-8H,6,9H2,1H3. The van der Waals surface area contributed by atoms with Gasteiger partial charge in [-0.05, 0) is 42.3 Å². The van der Waals surface area contributed by atoms with E-state index in [-0.39, 0.29) is 13.0 Å². The number of halogens is 3. The molecule has 0 spiro atoms. The minimum atomic E-state index is -0.519. The molecule has 1 heterocycles. The van der Waals surface area contributed by atoms with Gasteiger partial charge >= 0.3 is 11.6 Å². The Balaban J connectivity index is 1.78. The molecule has 0 saturated carbocycles. The van der Waals surface area contributed by atoms with Crippen LogP contribution in [-0.2, 0) is 22.6 Å². The number of hydrogen-bond acceptors (Lipinski definition) is 4. The van der Waals surface area contributed by atoms with E-state index in [0.29, 0.717) is 37.2 Å². The van der Waals surface area contributed by atoms with Crippen molar-refractivity contribution in [3.05, 3.63) is 78.6 Å². The van der Waals surface area contributed by atoms with E-state index in [1.165, 1.54) is 6.07 Å². The molecule has 26 heavy (non-hydrogen) atoms. The molecule has 2 aromatic carbocycles. The summed E-state index contributed by atoms with van der Waals surface area (Å²) < 4.78 is 10.5. The van der Waals surface area contributed by atoms with Gasteiger partial charge in [-0.25, -0.2) is 4.79 Å². The molecule has 1 aromatic heterocycles. The zero-order valence-electron chi connectivity index (χ0n) is 13.6. The molecule has 0 amide bonds. The maximum atomic E-state index is 12.1. The van der Waals surface area contributed by atoms with Crippen molar-refractivity contribution in [2.45, 2.75) is 20.0 Å². The second-order valence-corrected chi connectivity index (χ2v) is 7.00. The van der Waals surface area contributed by atoms with Crippen molar-refractivity contribution in [2.24, 2.45) is 0 Å². The molecule has 0 aliphatic heterocycles. The van der Waals surface area contributed by atoms with Gasteiger partial charge in [-0.15, -0.1) is 0 Å². The minimum absolute atomic E-state index is 0.0378. The highest BCUT2D eigenvalue weighted by Gasteiger charge is 2.12. The van der Waals surface area contributed by atoms with Crippen LogP contribution >= 0.6 is 34.8 Å². The highest BCUT2D eigenvalue weighted by atomic mass is 35.5. The van der Waals surface area contributed by atoms with E-state index in [2.05, 4.69) is 0 Å². The zero-order chi connectivity index (χ0) is 18.8. The molecule has 0 N–H and O–H groups in total. The van der Waals surface area contributed by atoms with Crippen LogP contribution in [0.5, 0.6) is 0 Å². The molecular formula is C19H13Cl3O4. The maximum absolute atomic E-state index is 12.1. The number of esters is 1. The Bertz CT molecular complexity index is 1060. The highest BCUT2D eigenvalue weighted by molar-refractivity contribution is 6.42. The fourth-order valence-corrected chi connectivity index (χ4v) is 2.98. The summed E-state index contributed by atoms with van der Waals surface area (Å²) in [6.45, 7) is 1.74. The van der Waals surface area contributed by atoms with E-state index in [0.717, 1.165) is 5.56 Å². The molecule has 3 rings (SSSR count). The molecule has 0 saturated heterocycles. The Hall–Kier alpha value is -2.01. The molecule has 4 nitrogen and oxygen atoms in total. The number of benzene rings is 2. The van der Waals surface area contributed by atoms with Crippen LogP contribution in [-0.4, -0.2) is 5.97 Å². The zero-order valence-corrected chi connectivity index (χ0v) is 15.9. The number of fused-ring (bicyclic) bond motifs is 1. The third-order valence-electron chi connectivity index (χ3n) is 3.83. The average molecular weight is 412 g/mol. The van der Waals surface area contributed by atoms with Crippen LogP contribution in [0.2, 0.25) is 15.1 Å². The fraction of sp³-hybridized carbons (Fsp3) is 0.158. The first kappa shape index (κ1) is 18.8. The lowest BCUT2D eigenvalue weighted by Crippen LogP contribution is -2.10. The van der Waals surface area contributed by atoms with E-state index in [1.54, 1.807) is 30.3 Å². The van der Waals surface area contributed by atoms with Gasteiger partial charge in [-0.2, -0.15) is 0 Å². The first-order valence-corrected chi connectivity index (χ1v) is 8.79. The molecule has 0 unspecified atom stereocenters. The Kier molecular flexibility index (Phi) is 5.56. The van der Waals surface area contributed by atoms with E-state index in [1.807, 2.05) is 6.92 Å². The van der Waals surface area contributed by atoms with Gasteiger partial charge < -0.3 is 9.15 Å². The van der Waals surface area contributed by atoms with Gasteiger partial charge in [0.15, 0.2) is 0 Å². The minimum Gasteiger partial charge on any atom is -0.461 e. The fourth-order valence-electron chi connectivity index (χ4n) is 2.49. The van der Waals surface area contributed by atoms with Crippen molar-refractivity contribution < 1.29 is 13.9 Å². The Morgan fingerprint density at radius 3 is 2.54 bits per heavy atom. The van der Waals surface area contributed by atoms with Crippen molar-refractivity contribution in [1.82, 2.24) is 0 Å². The van der Waals surface area contributed by atoms with Gasteiger partial charge in [-0.1, -0.05) is 40.9 Å². The third-order valence-corrected chi connectivity index (χ3v) is 4.98. The van der Waals surface area contributed by atoms with Crippen LogP contribution in [0.4, 0.5) is 0 Å². The molecule has 0 radical (unpaired) electrons. The number of carbonyl (C=O) groups excluding carboxylic acids is 1. The van der Waals surface area contributed by atoms with Crippen LogP contribution in [0.3, 0.4) is 0 Å². The summed E-state index contributed by atoms with van der Waals surface area (Å²) in [6.07, 6.45) is 0.0378. The van der Waals surface area contributed by atoms with E-state index in [4.69, 9.17) is 44.0 Å². The van der Waals surface area contributed by atoms with Crippen molar-refractivity contribution in [2.75, 3.05) is 0 Å². The van der Waals surface area contributed by atoms with Gasteiger partial charge in [0.1, 0.15) is 12.2 Å². The SMILES string of the molecule is Cc1cc2oc(=O)cc(COC(=O)Cc3ccc(Cl)c(Cl)c3)c2cc1Cl. The van der Waals surface area contributed by atoms with Gasteiger partial charge in [0.25, 0.3) is 0 Å². The molecule has 0 fully saturated rings. The largest absolute Gasteiger partial charge is 0.461 e. The topological polar surface area (TPSA) is 56.5 Å². The second-order valence-electron chi connectivity index (χ2n) is 5.77.